The smallest absolute Gasteiger partial charge is 0.264 e. The van der Waals surface area contributed by atoms with Gasteiger partial charge in [0.05, 0.1) is 24.8 Å². The van der Waals surface area contributed by atoms with Gasteiger partial charge in [-0.15, -0.1) is 0 Å². The van der Waals surface area contributed by atoms with E-state index < -0.39 is 28.5 Å². The predicted molar refractivity (Wildman–Crippen MR) is 184 cm³/mol. The number of rotatable bonds is 15. The van der Waals surface area contributed by atoms with E-state index in [4.69, 9.17) is 9.47 Å². The fraction of sp³-hybridized carbons (Fsp3) is 0.297. The molecule has 9 nitrogen and oxygen atoms in total. The summed E-state index contributed by atoms with van der Waals surface area (Å²) in [6.07, 6.45) is 0.934. The van der Waals surface area contributed by atoms with Crippen molar-refractivity contribution in [3.05, 3.63) is 120 Å². The van der Waals surface area contributed by atoms with Gasteiger partial charge < -0.3 is 19.7 Å². The van der Waals surface area contributed by atoms with E-state index in [1.807, 2.05) is 81.4 Å². The Bertz CT molecular complexity index is 1730. The van der Waals surface area contributed by atoms with Crippen molar-refractivity contribution in [1.29, 1.82) is 0 Å². The molecule has 0 aliphatic rings. The van der Waals surface area contributed by atoms with Gasteiger partial charge in [-0.05, 0) is 55.7 Å². The fourth-order valence-electron chi connectivity index (χ4n) is 5.12. The number of amides is 2. The highest BCUT2D eigenvalue weighted by atomic mass is 32.2. The summed E-state index contributed by atoms with van der Waals surface area (Å²) < 4.78 is 40.8. The molecule has 0 aliphatic carbocycles. The van der Waals surface area contributed by atoms with Crippen molar-refractivity contribution in [2.24, 2.45) is 0 Å². The molecule has 0 saturated heterocycles. The van der Waals surface area contributed by atoms with Gasteiger partial charge in [0.25, 0.3) is 10.0 Å². The van der Waals surface area contributed by atoms with E-state index >= 15 is 0 Å². The average molecular weight is 658 g/mol. The number of aryl methyl sites for hydroxylation is 1. The number of nitrogens with one attached hydrogen (secondary N) is 1. The first-order valence-corrected chi connectivity index (χ1v) is 17.0. The van der Waals surface area contributed by atoms with Crippen LogP contribution in [0.3, 0.4) is 0 Å². The van der Waals surface area contributed by atoms with Crippen LogP contribution in [0.4, 0.5) is 5.69 Å². The number of hydrogen-bond donors (Lipinski definition) is 1. The minimum absolute atomic E-state index is 0.00531. The monoisotopic (exact) mass is 657 g/mol. The zero-order valence-corrected chi connectivity index (χ0v) is 28.4. The third-order valence-corrected chi connectivity index (χ3v) is 9.78. The van der Waals surface area contributed by atoms with Gasteiger partial charge in [-0.1, -0.05) is 85.3 Å². The van der Waals surface area contributed by atoms with Crippen molar-refractivity contribution < 1.29 is 27.5 Å². The van der Waals surface area contributed by atoms with Gasteiger partial charge >= 0.3 is 0 Å². The molecule has 1 N–H and O–H groups in total. The van der Waals surface area contributed by atoms with Crippen molar-refractivity contribution in [3.63, 3.8) is 0 Å². The van der Waals surface area contributed by atoms with E-state index in [2.05, 4.69) is 5.32 Å². The lowest BCUT2D eigenvalue weighted by Gasteiger charge is -2.34. The van der Waals surface area contributed by atoms with Gasteiger partial charge in [-0.25, -0.2) is 8.42 Å². The molecule has 0 unspecified atom stereocenters. The number of benzene rings is 4. The van der Waals surface area contributed by atoms with E-state index in [9.17, 15) is 18.0 Å². The van der Waals surface area contributed by atoms with E-state index in [1.165, 1.54) is 37.3 Å². The lowest BCUT2D eigenvalue weighted by Crippen LogP contribution is -2.54. The van der Waals surface area contributed by atoms with E-state index in [1.54, 1.807) is 24.3 Å². The SMILES string of the molecule is CC[C@H](C)NC(=O)[C@@H](Cc1ccccc1)N(Cc1ccccc1)C(=O)CN(c1cc(OC)ccc1OC)S(=O)(=O)c1ccc(C)cc1. The molecule has 0 heterocycles. The molecule has 248 valence electrons. The summed E-state index contributed by atoms with van der Waals surface area (Å²) in [6.45, 7) is 5.22. The number of carbonyl (C=O) groups is 2. The molecule has 4 aromatic carbocycles. The number of anilines is 1. The van der Waals surface area contributed by atoms with Gasteiger partial charge in [-0.3, -0.25) is 13.9 Å². The van der Waals surface area contributed by atoms with Gasteiger partial charge in [-0.2, -0.15) is 0 Å². The maximum Gasteiger partial charge on any atom is 0.264 e. The Morgan fingerprint density at radius 2 is 1.45 bits per heavy atom. The summed E-state index contributed by atoms with van der Waals surface area (Å²) >= 11 is 0. The zero-order chi connectivity index (χ0) is 34.0. The molecule has 47 heavy (non-hydrogen) atoms. The van der Waals surface area contributed by atoms with Crippen LogP contribution in [0.1, 0.15) is 37.0 Å². The molecule has 0 aromatic heterocycles. The van der Waals surface area contributed by atoms with E-state index in [-0.39, 0.29) is 41.2 Å². The maximum absolute atomic E-state index is 14.7. The molecule has 4 aromatic rings. The summed E-state index contributed by atoms with van der Waals surface area (Å²) in [5.74, 6) is -0.262. The Labute approximate surface area is 278 Å². The Kier molecular flexibility index (Phi) is 12.0. The second kappa shape index (κ2) is 16.1. The summed E-state index contributed by atoms with van der Waals surface area (Å²) in [4.78, 5) is 30.1. The number of carbonyl (C=O) groups excluding carboxylic acids is 2. The zero-order valence-electron chi connectivity index (χ0n) is 27.6. The van der Waals surface area contributed by atoms with E-state index in [0.29, 0.717) is 12.2 Å². The lowest BCUT2D eigenvalue weighted by atomic mass is 10.0. The number of methoxy groups -OCH3 is 2. The summed E-state index contributed by atoms with van der Waals surface area (Å²) in [5.41, 5.74) is 2.67. The minimum atomic E-state index is -4.31. The maximum atomic E-state index is 14.7. The van der Waals surface area contributed by atoms with Crippen molar-refractivity contribution in [2.45, 2.75) is 57.1 Å². The number of nitrogens with zero attached hydrogens (tertiary/aromatic N) is 2. The van der Waals surface area contributed by atoms with Gasteiger partial charge in [0.2, 0.25) is 11.8 Å². The van der Waals surface area contributed by atoms with Crippen molar-refractivity contribution in [1.82, 2.24) is 10.2 Å². The lowest BCUT2D eigenvalue weighted by molar-refractivity contribution is -0.140. The van der Waals surface area contributed by atoms with Crippen LogP contribution in [-0.2, 0) is 32.6 Å². The second-order valence-corrected chi connectivity index (χ2v) is 13.3. The summed E-state index contributed by atoms with van der Waals surface area (Å²) in [7, 11) is -1.40. The van der Waals surface area contributed by atoms with Gasteiger partial charge in [0.1, 0.15) is 24.1 Å². The predicted octanol–water partition coefficient (Wildman–Crippen LogP) is 5.76. The summed E-state index contributed by atoms with van der Waals surface area (Å²) in [6, 6.07) is 28.9. The van der Waals surface area contributed by atoms with Crippen LogP contribution in [0, 0.1) is 6.92 Å². The first-order valence-electron chi connectivity index (χ1n) is 15.6. The Morgan fingerprint density at radius 3 is 2.02 bits per heavy atom. The standard InChI is InChI=1S/C37H43N3O6S/c1-6-28(3)38-37(42)34(23-29-13-9-7-10-14-29)39(25-30-15-11-8-12-16-30)36(41)26-40(33-24-31(45-4)19-22-35(33)46-5)47(43,44)32-20-17-27(2)18-21-32/h7-22,24,28,34H,6,23,25-26H2,1-5H3,(H,38,42)/t28-,34+/m0/s1. The first kappa shape index (κ1) is 35.0. The molecule has 0 spiro atoms. The third kappa shape index (κ3) is 8.92. The van der Waals surface area contributed by atoms with Crippen LogP contribution in [-0.4, -0.2) is 58.0 Å². The molecule has 0 radical (unpaired) electrons. The number of sulfonamides is 1. The second-order valence-electron chi connectivity index (χ2n) is 11.4. The highest BCUT2D eigenvalue weighted by molar-refractivity contribution is 7.92. The molecule has 0 fully saturated rings. The van der Waals surface area contributed by atoms with Crippen LogP contribution in [0.15, 0.2) is 108 Å². The third-order valence-electron chi connectivity index (χ3n) is 8.01. The van der Waals surface area contributed by atoms with Crippen LogP contribution in [0.2, 0.25) is 0 Å². The van der Waals surface area contributed by atoms with Crippen LogP contribution < -0.4 is 19.1 Å². The Balaban J connectivity index is 1.86. The van der Waals surface area contributed by atoms with Crippen LogP contribution >= 0.6 is 0 Å². The highest BCUT2D eigenvalue weighted by Crippen LogP contribution is 2.36. The topological polar surface area (TPSA) is 105 Å². The number of ether oxygens (including phenoxy) is 2. The summed E-state index contributed by atoms with van der Waals surface area (Å²) in [5, 5.41) is 3.05. The van der Waals surface area contributed by atoms with Gasteiger partial charge in [0, 0.05) is 25.1 Å². The molecule has 4 rings (SSSR count). The normalized spacial score (nSPS) is 12.4. The van der Waals surface area contributed by atoms with Crippen LogP contribution in [0.5, 0.6) is 11.5 Å². The van der Waals surface area contributed by atoms with Crippen LogP contribution in [0.25, 0.3) is 0 Å². The van der Waals surface area contributed by atoms with E-state index in [0.717, 1.165) is 21.0 Å². The highest BCUT2D eigenvalue weighted by Gasteiger charge is 2.36. The molecule has 10 heteroatoms. The molecule has 0 saturated carbocycles. The Hall–Kier alpha value is -4.83. The molecule has 2 amide bonds. The Morgan fingerprint density at radius 1 is 0.830 bits per heavy atom. The average Bonchev–Trinajstić information content (AvgIpc) is 3.09. The van der Waals surface area contributed by atoms with Crippen molar-refractivity contribution in [3.8, 4) is 11.5 Å². The number of hydrogen-bond acceptors (Lipinski definition) is 6. The van der Waals surface area contributed by atoms with Crippen molar-refractivity contribution in [2.75, 3.05) is 25.1 Å². The van der Waals surface area contributed by atoms with Crippen molar-refractivity contribution >= 4 is 27.5 Å². The fourth-order valence-corrected chi connectivity index (χ4v) is 6.53. The van der Waals surface area contributed by atoms with Gasteiger partial charge in [0.15, 0.2) is 0 Å². The molecule has 2 atom stereocenters. The molecular formula is C37H43N3O6S. The quantitative estimate of drug-likeness (QED) is 0.174. The molecule has 0 aliphatic heterocycles. The minimum Gasteiger partial charge on any atom is -0.497 e. The molecule has 0 bridgehead atoms. The first-order chi connectivity index (χ1) is 22.6. The molecular weight excluding hydrogens is 614 g/mol. The largest absolute Gasteiger partial charge is 0.497 e.